The molecule has 0 aliphatic carbocycles. The summed E-state index contributed by atoms with van der Waals surface area (Å²) in [6.07, 6.45) is 4.23. The Morgan fingerprint density at radius 2 is 2.00 bits per heavy atom. The summed E-state index contributed by atoms with van der Waals surface area (Å²) in [7, 11) is 0. The van der Waals surface area contributed by atoms with Gasteiger partial charge in [-0.05, 0) is 24.3 Å². The average Bonchev–Trinajstić information content (AvgIpc) is 2.97. The first-order valence-corrected chi connectivity index (χ1v) is 4.55. The summed E-state index contributed by atoms with van der Waals surface area (Å²) in [6.45, 7) is 0. The van der Waals surface area contributed by atoms with Gasteiger partial charge in [0, 0.05) is 6.08 Å². The number of nitrogens with zero attached hydrogens (tertiary/aromatic N) is 1. The Bertz CT molecular complexity index is 542. The van der Waals surface area contributed by atoms with Gasteiger partial charge < -0.3 is 8.83 Å². The van der Waals surface area contributed by atoms with E-state index in [2.05, 4.69) is 0 Å². The van der Waals surface area contributed by atoms with E-state index in [4.69, 9.17) is 14.1 Å². The molecule has 0 aliphatic rings. The fourth-order valence-corrected chi connectivity index (χ4v) is 1.20. The van der Waals surface area contributed by atoms with Crippen LogP contribution in [0.25, 0.3) is 6.08 Å². The molecule has 2 heterocycles. The first-order valence-electron chi connectivity index (χ1n) is 4.55. The van der Waals surface area contributed by atoms with Gasteiger partial charge >= 0.3 is 0 Å². The van der Waals surface area contributed by atoms with Crippen LogP contribution in [0.5, 0.6) is 0 Å². The van der Waals surface area contributed by atoms with E-state index in [9.17, 15) is 4.79 Å². The summed E-state index contributed by atoms with van der Waals surface area (Å²) in [5.41, 5.74) is -0.0232. The van der Waals surface area contributed by atoms with Crippen LogP contribution >= 0.6 is 0 Å². The van der Waals surface area contributed by atoms with Crippen LogP contribution in [-0.4, -0.2) is 5.78 Å². The van der Waals surface area contributed by atoms with Gasteiger partial charge in [0.15, 0.2) is 5.76 Å². The molecule has 4 heteroatoms. The van der Waals surface area contributed by atoms with E-state index in [-0.39, 0.29) is 11.3 Å². The normalized spacial score (nSPS) is 11.1. The van der Waals surface area contributed by atoms with Crippen molar-refractivity contribution in [3.63, 3.8) is 0 Å². The Hall–Kier alpha value is -2.54. The number of nitriles is 1. The summed E-state index contributed by atoms with van der Waals surface area (Å²) < 4.78 is 9.95. The van der Waals surface area contributed by atoms with Gasteiger partial charge in [-0.15, -0.1) is 0 Å². The van der Waals surface area contributed by atoms with E-state index in [1.807, 2.05) is 6.07 Å². The molecule has 0 N–H and O–H groups in total. The number of furan rings is 2. The molecule has 0 aliphatic heterocycles. The van der Waals surface area contributed by atoms with Crippen molar-refractivity contribution in [2.45, 2.75) is 0 Å². The molecule has 0 amide bonds. The largest absolute Gasteiger partial charge is 0.465 e. The van der Waals surface area contributed by atoms with Gasteiger partial charge in [0.1, 0.15) is 17.4 Å². The van der Waals surface area contributed by atoms with E-state index >= 15 is 0 Å². The zero-order valence-electron chi connectivity index (χ0n) is 8.21. The van der Waals surface area contributed by atoms with Crippen LogP contribution in [0.2, 0.25) is 0 Å². The lowest BCUT2D eigenvalue weighted by atomic mass is 10.1. The summed E-state index contributed by atoms with van der Waals surface area (Å²) in [4.78, 5) is 11.7. The molecule has 0 unspecified atom stereocenters. The van der Waals surface area contributed by atoms with Crippen LogP contribution in [0.15, 0.2) is 51.2 Å². The van der Waals surface area contributed by atoms with Gasteiger partial charge in [0.25, 0.3) is 0 Å². The van der Waals surface area contributed by atoms with Crippen molar-refractivity contribution in [2.75, 3.05) is 0 Å². The number of hydrogen-bond acceptors (Lipinski definition) is 4. The highest BCUT2D eigenvalue weighted by atomic mass is 16.3. The number of hydrogen-bond donors (Lipinski definition) is 0. The second-order valence-corrected chi connectivity index (χ2v) is 2.99. The summed E-state index contributed by atoms with van der Waals surface area (Å²) >= 11 is 0. The molecule has 0 radical (unpaired) electrons. The van der Waals surface area contributed by atoms with Gasteiger partial charge in [0.05, 0.1) is 12.5 Å². The first kappa shape index (κ1) is 9.99. The Labute approximate surface area is 91.4 Å². The van der Waals surface area contributed by atoms with Gasteiger partial charge in [-0.1, -0.05) is 0 Å². The summed E-state index contributed by atoms with van der Waals surface area (Å²) in [5.74, 6) is 0.139. The molecule has 0 fully saturated rings. The quantitative estimate of drug-likeness (QED) is 0.446. The Kier molecular flexibility index (Phi) is 2.70. The van der Waals surface area contributed by atoms with Crippen LogP contribution < -0.4 is 0 Å². The minimum absolute atomic E-state index is 0.0232. The van der Waals surface area contributed by atoms with E-state index in [1.54, 1.807) is 18.2 Å². The van der Waals surface area contributed by atoms with Crippen molar-refractivity contribution in [2.24, 2.45) is 0 Å². The molecule has 2 aromatic heterocycles. The first-order chi connectivity index (χ1) is 7.81. The molecule has 0 aromatic carbocycles. The van der Waals surface area contributed by atoms with Crippen LogP contribution in [0.1, 0.15) is 16.3 Å². The van der Waals surface area contributed by atoms with Crippen LogP contribution in [0.3, 0.4) is 0 Å². The molecule has 2 aromatic rings. The molecular weight excluding hydrogens is 206 g/mol. The van der Waals surface area contributed by atoms with Gasteiger partial charge in [-0.25, -0.2) is 0 Å². The summed E-state index contributed by atoms with van der Waals surface area (Å²) in [6, 6.07) is 8.26. The van der Waals surface area contributed by atoms with Crippen LogP contribution in [0, 0.1) is 11.3 Å². The number of allylic oxidation sites excluding steroid dienone is 1. The number of carbonyl (C=O) groups is 1. The maximum atomic E-state index is 11.7. The molecule has 4 nitrogen and oxygen atoms in total. The van der Waals surface area contributed by atoms with Crippen molar-refractivity contribution in [1.29, 1.82) is 5.26 Å². The third-order valence-corrected chi connectivity index (χ3v) is 1.94. The number of carbonyl (C=O) groups excluding carboxylic acids is 1. The van der Waals surface area contributed by atoms with Crippen LogP contribution in [-0.2, 0) is 0 Å². The molecule has 0 spiro atoms. The lowest BCUT2D eigenvalue weighted by Crippen LogP contribution is -1.99. The predicted molar refractivity (Wildman–Crippen MR) is 55.3 cm³/mol. The van der Waals surface area contributed by atoms with Gasteiger partial charge in [-0.2, -0.15) is 5.26 Å². The third kappa shape index (κ3) is 1.93. The van der Waals surface area contributed by atoms with Crippen molar-refractivity contribution < 1.29 is 13.6 Å². The Morgan fingerprint density at radius 3 is 2.56 bits per heavy atom. The van der Waals surface area contributed by atoms with Crippen molar-refractivity contribution in [3.05, 3.63) is 53.9 Å². The molecule has 78 valence electrons. The maximum Gasteiger partial charge on any atom is 0.238 e. The van der Waals surface area contributed by atoms with Gasteiger partial charge in [0.2, 0.25) is 5.78 Å². The molecule has 0 atom stereocenters. The Morgan fingerprint density at radius 1 is 1.25 bits per heavy atom. The lowest BCUT2D eigenvalue weighted by Gasteiger charge is -1.93. The van der Waals surface area contributed by atoms with Crippen molar-refractivity contribution in [3.8, 4) is 6.07 Å². The minimum Gasteiger partial charge on any atom is -0.465 e. The smallest absolute Gasteiger partial charge is 0.238 e. The summed E-state index contributed by atoms with van der Waals surface area (Å²) in [5, 5.41) is 8.87. The second-order valence-electron chi connectivity index (χ2n) is 2.99. The number of Topliss-reactive ketones (excluding diaryl/α,β-unsaturated/α-hetero) is 1. The van der Waals surface area contributed by atoms with E-state index < -0.39 is 5.78 Å². The third-order valence-electron chi connectivity index (χ3n) is 1.94. The monoisotopic (exact) mass is 213 g/mol. The zero-order chi connectivity index (χ0) is 11.4. The van der Waals surface area contributed by atoms with Crippen molar-refractivity contribution in [1.82, 2.24) is 0 Å². The lowest BCUT2D eigenvalue weighted by molar-refractivity contribution is 0.101. The van der Waals surface area contributed by atoms with Crippen LogP contribution in [0.4, 0.5) is 0 Å². The topological polar surface area (TPSA) is 67.1 Å². The standard InChI is InChI=1S/C12H7NO3/c13-8-9(7-10-3-1-5-15-10)12(14)11-4-2-6-16-11/h1-7H. The fourth-order valence-electron chi connectivity index (χ4n) is 1.20. The molecule has 2 rings (SSSR count). The molecule has 0 saturated heterocycles. The van der Waals surface area contributed by atoms with Gasteiger partial charge in [-0.3, -0.25) is 4.79 Å². The molecular formula is C12H7NO3. The molecule has 16 heavy (non-hydrogen) atoms. The van der Waals surface area contributed by atoms with E-state index in [1.165, 1.54) is 24.7 Å². The van der Waals surface area contributed by atoms with E-state index in [0.717, 1.165) is 0 Å². The predicted octanol–water partition coefficient (Wildman–Crippen LogP) is 2.66. The fraction of sp³-hybridized carbons (Fsp3) is 0. The second kappa shape index (κ2) is 4.32. The highest BCUT2D eigenvalue weighted by Gasteiger charge is 2.14. The highest BCUT2D eigenvalue weighted by Crippen LogP contribution is 2.13. The zero-order valence-corrected chi connectivity index (χ0v) is 8.21. The maximum absolute atomic E-state index is 11.7. The van der Waals surface area contributed by atoms with E-state index in [0.29, 0.717) is 5.76 Å². The number of rotatable bonds is 3. The molecule has 0 saturated carbocycles. The van der Waals surface area contributed by atoms with Crippen molar-refractivity contribution >= 4 is 11.9 Å². The highest BCUT2D eigenvalue weighted by molar-refractivity contribution is 6.12. The Balaban J connectivity index is 2.32. The minimum atomic E-state index is -0.455. The number of ketones is 1. The average molecular weight is 213 g/mol. The molecule has 0 bridgehead atoms. The SMILES string of the molecule is N#CC(=Cc1ccco1)C(=O)c1ccco1.